The number of anilines is 1. The number of aryl methyl sites for hydroxylation is 1. The van der Waals surface area contributed by atoms with E-state index in [2.05, 4.69) is 9.88 Å². The number of aromatic nitrogens is 1. The van der Waals surface area contributed by atoms with Gasteiger partial charge in [0.2, 0.25) is 0 Å². The Hall–Kier alpha value is -2.61. The second-order valence-electron chi connectivity index (χ2n) is 5.30. The molecular formula is C17H13F3N2O2S. The van der Waals surface area contributed by atoms with Gasteiger partial charge in [0.25, 0.3) is 0 Å². The van der Waals surface area contributed by atoms with Gasteiger partial charge in [-0.05, 0) is 42.3 Å². The molecule has 0 saturated carbocycles. The van der Waals surface area contributed by atoms with E-state index in [1.165, 1.54) is 6.07 Å². The number of nitrogens with one attached hydrogen (secondary N) is 1. The van der Waals surface area contributed by atoms with Crippen molar-refractivity contribution in [1.29, 1.82) is 0 Å². The number of alkyl halides is 3. The summed E-state index contributed by atoms with van der Waals surface area (Å²) in [5.74, 6) is 0.928. The van der Waals surface area contributed by atoms with Gasteiger partial charge in [-0.25, -0.2) is 4.21 Å². The van der Waals surface area contributed by atoms with Crippen LogP contribution in [0.3, 0.4) is 0 Å². The van der Waals surface area contributed by atoms with E-state index in [-0.39, 0.29) is 0 Å². The van der Waals surface area contributed by atoms with Crippen molar-refractivity contribution in [2.45, 2.75) is 18.0 Å². The minimum Gasteiger partial charge on any atom is -0.360 e. The quantitative estimate of drug-likeness (QED) is 0.721. The van der Waals surface area contributed by atoms with E-state index < -0.39 is 22.7 Å². The number of halogens is 3. The number of hydrogen-bond acceptors (Lipinski definition) is 3. The van der Waals surface area contributed by atoms with Crippen molar-refractivity contribution in [3.63, 3.8) is 0 Å². The van der Waals surface area contributed by atoms with Gasteiger partial charge in [0.15, 0.2) is 16.8 Å². The first-order chi connectivity index (χ1) is 11.8. The highest BCUT2D eigenvalue weighted by Gasteiger charge is 2.30. The second kappa shape index (κ2) is 6.72. The number of nitrogens with zero attached hydrogens (tertiary/aromatic N) is 1. The molecule has 0 radical (unpaired) electrons. The van der Waals surface area contributed by atoms with Crippen LogP contribution < -0.4 is 4.72 Å². The molecule has 1 unspecified atom stereocenters. The van der Waals surface area contributed by atoms with E-state index in [4.69, 9.17) is 4.52 Å². The molecule has 25 heavy (non-hydrogen) atoms. The van der Waals surface area contributed by atoms with Crippen molar-refractivity contribution < 1.29 is 21.9 Å². The highest BCUT2D eigenvalue weighted by atomic mass is 32.2. The lowest BCUT2D eigenvalue weighted by Crippen LogP contribution is -2.05. The van der Waals surface area contributed by atoms with Crippen LogP contribution in [-0.4, -0.2) is 9.37 Å². The molecular weight excluding hydrogens is 353 g/mol. The molecule has 4 nitrogen and oxygen atoms in total. The molecule has 1 heterocycles. The average molecular weight is 366 g/mol. The van der Waals surface area contributed by atoms with Crippen LogP contribution in [0, 0.1) is 6.92 Å². The maximum absolute atomic E-state index is 12.8. The zero-order chi connectivity index (χ0) is 18.0. The molecule has 0 aliphatic heterocycles. The van der Waals surface area contributed by atoms with Crippen LogP contribution in [0.5, 0.6) is 0 Å². The molecule has 1 atom stereocenters. The van der Waals surface area contributed by atoms with Crippen molar-refractivity contribution in [1.82, 2.24) is 5.16 Å². The third-order valence-electron chi connectivity index (χ3n) is 3.42. The summed E-state index contributed by atoms with van der Waals surface area (Å²) >= 11 is 0. The Morgan fingerprint density at radius 1 is 1.04 bits per heavy atom. The van der Waals surface area contributed by atoms with Gasteiger partial charge in [0.05, 0.1) is 10.5 Å². The van der Waals surface area contributed by atoms with Crippen molar-refractivity contribution in [3.05, 3.63) is 65.9 Å². The monoisotopic (exact) mass is 366 g/mol. The maximum atomic E-state index is 12.8. The van der Waals surface area contributed by atoms with E-state index >= 15 is 0 Å². The van der Waals surface area contributed by atoms with Crippen LogP contribution >= 0.6 is 0 Å². The topological polar surface area (TPSA) is 55.1 Å². The van der Waals surface area contributed by atoms with Gasteiger partial charge in [-0.2, -0.15) is 13.2 Å². The average Bonchev–Trinajstić information content (AvgIpc) is 2.99. The summed E-state index contributed by atoms with van der Waals surface area (Å²) in [7, 11) is -1.56. The van der Waals surface area contributed by atoms with Crippen LogP contribution in [0.25, 0.3) is 11.1 Å². The molecule has 8 heteroatoms. The normalized spacial score (nSPS) is 12.8. The molecule has 0 bridgehead atoms. The summed E-state index contributed by atoms with van der Waals surface area (Å²) in [6.07, 6.45) is -4.39. The minimum absolute atomic E-state index is 0.345. The lowest BCUT2D eigenvalue weighted by molar-refractivity contribution is -0.137. The summed E-state index contributed by atoms with van der Waals surface area (Å²) in [6.45, 7) is 1.71. The molecule has 0 aliphatic rings. The summed E-state index contributed by atoms with van der Waals surface area (Å²) in [6, 6.07) is 13.1. The Morgan fingerprint density at radius 3 is 2.36 bits per heavy atom. The fraction of sp³-hybridized carbons (Fsp3) is 0.118. The molecule has 0 amide bonds. The zero-order valence-electron chi connectivity index (χ0n) is 13.0. The van der Waals surface area contributed by atoms with Gasteiger partial charge < -0.3 is 4.52 Å². The highest BCUT2D eigenvalue weighted by molar-refractivity contribution is 7.86. The fourth-order valence-electron chi connectivity index (χ4n) is 2.21. The van der Waals surface area contributed by atoms with E-state index in [9.17, 15) is 17.4 Å². The Kier molecular flexibility index (Phi) is 4.63. The first-order valence-corrected chi connectivity index (χ1v) is 8.37. The molecule has 1 N–H and O–H groups in total. The van der Waals surface area contributed by atoms with Crippen molar-refractivity contribution in [2.75, 3.05) is 4.72 Å². The molecule has 130 valence electrons. The van der Waals surface area contributed by atoms with Crippen molar-refractivity contribution in [2.24, 2.45) is 0 Å². The molecule has 0 saturated heterocycles. The van der Waals surface area contributed by atoms with Crippen molar-refractivity contribution >= 4 is 16.8 Å². The maximum Gasteiger partial charge on any atom is 0.416 e. The predicted molar refractivity (Wildman–Crippen MR) is 88.2 cm³/mol. The Bertz CT molecular complexity index is 905. The number of benzene rings is 2. The Morgan fingerprint density at radius 2 is 1.76 bits per heavy atom. The predicted octanol–water partition coefficient (Wildman–Crippen LogP) is 4.80. The Balaban J connectivity index is 1.79. The van der Waals surface area contributed by atoms with Gasteiger partial charge in [-0.1, -0.05) is 29.4 Å². The van der Waals surface area contributed by atoms with Gasteiger partial charge in [0.1, 0.15) is 5.76 Å². The van der Waals surface area contributed by atoms with Crippen LogP contribution in [0.4, 0.5) is 19.0 Å². The van der Waals surface area contributed by atoms with Crippen LogP contribution in [0.2, 0.25) is 0 Å². The third kappa shape index (κ3) is 4.08. The van der Waals surface area contributed by atoms with E-state index in [0.717, 1.165) is 12.1 Å². The first kappa shape index (κ1) is 17.2. The SMILES string of the molecule is Cc1cc(NS(=O)c2ccc(-c3cccc(C(F)(F)F)c3)cc2)no1. The smallest absolute Gasteiger partial charge is 0.360 e. The van der Waals surface area contributed by atoms with Gasteiger partial charge in [-0.3, -0.25) is 4.72 Å². The van der Waals surface area contributed by atoms with Gasteiger partial charge >= 0.3 is 6.18 Å². The zero-order valence-corrected chi connectivity index (χ0v) is 13.8. The molecule has 0 fully saturated rings. The third-order valence-corrected chi connectivity index (χ3v) is 4.51. The van der Waals surface area contributed by atoms with Crippen molar-refractivity contribution in [3.8, 4) is 11.1 Å². The molecule has 3 aromatic rings. The lowest BCUT2D eigenvalue weighted by atomic mass is 10.0. The summed E-state index contributed by atoms with van der Waals surface area (Å²) in [4.78, 5) is 0.469. The van der Waals surface area contributed by atoms with Gasteiger partial charge in [-0.15, -0.1) is 0 Å². The molecule has 2 aromatic carbocycles. The molecule has 3 rings (SSSR count). The number of rotatable bonds is 4. The first-order valence-electron chi connectivity index (χ1n) is 7.22. The van der Waals surface area contributed by atoms with Gasteiger partial charge in [0, 0.05) is 6.07 Å². The standard InChI is InChI=1S/C17H13F3N2O2S/c1-11-9-16(21-24-11)22-25(23)15-7-5-12(6-8-15)13-3-2-4-14(10-13)17(18,19)20/h2-10H,1H3,(H,21,22). The lowest BCUT2D eigenvalue weighted by Gasteiger charge is -2.09. The second-order valence-corrected chi connectivity index (χ2v) is 6.51. The summed E-state index contributed by atoms with van der Waals surface area (Å²) in [5.41, 5.74) is 0.331. The largest absolute Gasteiger partial charge is 0.416 e. The van der Waals surface area contributed by atoms with E-state index in [0.29, 0.717) is 27.6 Å². The minimum atomic E-state index is -4.39. The molecule has 0 aliphatic carbocycles. The summed E-state index contributed by atoms with van der Waals surface area (Å²) < 4.78 is 58.2. The van der Waals surface area contributed by atoms with E-state index in [1.54, 1.807) is 43.3 Å². The number of hydrogen-bond donors (Lipinski definition) is 1. The fourth-order valence-corrected chi connectivity index (χ4v) is 3.00. The van der Waals surface area contributed by atoms with E-state index in [1.807, 2.05) is 0 Å². The van der Waals surface area contributed by atoms with Crippen LogP contribution in [0.1, 0.15) is 11.3 Å². The highest BCUT2D eigenvalue weighted by Crippen LogP contribution is 2.32. The van der Waals surface area contributed by atoms with Crippen LogP contribution in [0.15, 0.2) is 64.0 Å². The summed E-state index contributed by atoms with van der Waals surface area (Å²) in [5, 5.41) is 3.69. The van der Waals surface area contributed by atoms with Crippen LogP contribution in [-0.2, 0) is 17.2 Å². The Labute approximate surface area is 144 Å². The molecule has 0 spiro atoms. The molecule has 1 aromatic heterocycles.